The second kappa shape index (κ2) is 10.7. The fourth-order valence-electron chi connectivity index (χ4n) is 3.37. The minimum absolute atomic E-state index is 0.0619. The summed E-state index contributed by atoms with van der Waals surface area (Å²) in [7, 11) is 1.62. The predicted molar refractivity (Wildman–Crippen MR) is 135 cm³/mol. The highest BCUT2D eigenvalue weighted by molar-refractivity contribution is 8.18. The van der Waals surface area contributed by atoms with Crippen molar-refractivity contribution < 1.29 is 14.3 Å². The molecule has 4 rings (SSSR count). The molecule has 0 spiro atoms. The van der Waals surface area contributed by atoms with Gasteiger partial charge >= 0.3 is 0 Å². The maximum Gasteiger partial charge on any atom is 0.266 e. The average molecular weight is 470 g/mol. The Kier molecular flexibility index (Phi) is 7.31. The van der Waals surface area contributed by atoms with Gasteiger partial charge in [0.15, 0.2) is 5.17 Å². The van der Waals surface area contributed by atoms with Crippen LogP contribution in [0.5, 0.6) is 11.5 Å². The van der Waals surface area contributed by atoms with Crippen molar-refractivity contribution in [3.63, 3.8) is 0 Å². The second-order valence-electron chi connectivity index (χ2n) is 7.38. The number of hydrogen-bond donors (Lipinski definition) is 0. The number of likely N-dealkylation sites (N-methyl/N-ethyl adjacent to an activating group) is 1. The zero-order chi connectivity index (χ0) is 23.9. The minimum Gasteiger partial charge on any atom is -0.497 e. The van der Waals surface area contributed by atoms with Crippen LogP contribution in [0.3, 0.4) is 0 Å². The number of benzene rings is 3. The van der Waals surface area contributed by atoms with Gasteiger partial charge in [0.2, 0.25) is 0 Å². The molecule has 0 N–H and O–H groups in total. The van der Waals surface area contributed by atoms with Crippen molar-refractivity contribution in [2.45, 2.75) is 13.5 Å². The molecule has 0 unspecified atom stereocenters. The molecular formula is C27H23N3O3S. The number of aliphatic imine (C=N–C) groups is 1. The van der Waals surface area contributed by atoms with Crippen LogP contribution >= 0.6 is 11.8 Å². The molecule has 1 saturated heterocycles. The number of hydrogen-bond acceptors (Lipinski definition) is 6. The van der Waals surface area contributed by atoms with Crippen molar-refractivity contribution in [1.82, 2.24) is 4.90 Å². The molecule has 0 radical (unpaired) electrons. The normalized spacial score (nSPS) is 15.6. The summed E-state index contributed by atoms with van der Waals surface area (Å²) in [6.07, 6.45) is 1.86. The van der Waals surface area contributed by atoms with Gasteiger partial charge in [0, 0.05) is 12.1 Å². The average Bonchev–Trinajstić information content (AvgIpc) is 3.17. The summed E-state index contributed by atoms with van der Waals surface area (Å²) in [6.45, 7) is 2.78. The third kappa shape index (κ3) is 5.30. The Hall–Kier alpha value is -4.02. The van der Waals surface area contributed by atoms with Crippen molar-refractivity contribution in [3.8, 4) is 17.6 Å². The zero-order valence-corrected chi connectivity index (χ0v) is 19.7. The lowest BCUT2D eigenvalue weighted by atomic mass is 10.1. The van der Waals surface area contributed by atoms with E-state index in [4.69, 9.17) is 9.47 Å². The summed E-state index contributed by atoms with van der Waals surface area (Å²) in [5, 5.41) is 9.86. The number of amides is 1. The van der Waals surface area contributed by atoms with Gasteiger partial charge < -0.3 is 9.47 Å². The quantitative estimate of drug-likeness (QED) is 0.411. The molecule has 1 aliphatic rings. The molecular weight excluding hydrogens is 446 g/mol. The van der Waals surface area contributed by atoms with Gasteiger partial charge in [0.25, 0.3) is 5.91 Å². The van der Waals surface area contributed by atoms with Crippen LogP contribution in [0.2, 0.25) is 0 Å². The fraction of sp³-hybridized carbons (Fsp3) is 0.148. The van der Waals surface area contributed by atoms with Gasteiger partial charge in [-0.3, -0.25) is 9.69 Å². The molecule has 0 aromatic heterocycles. The molecule has 3 aromatic carbocycles. The number of rotatable bonds is 7. The molecule has 170 valence electrons. The van der Waals surface area contributed by atoms with Crippen LogP contribution < -0.4 is 9.47 Å². The molecule has 0 bridgehead atoms. The SMILES string of the molecule is CCN1C(=O)/C(=C\c2ccc(OCc3ccccc3C#N)cc2)SC1=Nc1ccc(OC)cc1. The zero-order valence-electron chi connectivity index (χ0n) is 18.9. The third-order valence-electron chi connectivity index (χ3n) is 5.21. The summed E-state index contributed by atoms with van der Waals surface area (Å²) in [5.41, 5.74) is 3.10. The number of nitriles is 1. The number of methoxy groups -OCH3 is 1. The molecule has 1 aliphatic heterocycles. The molecule has 1 heterocycles. The lowest BCUT2D eigenvalue weighted by Crippen LogP contribution is -2.28. The van der Waals surface area contributed by atoms with Gasteiger partial charge in [0.1, 0.15) is 18.1 Å². The number of carbonyl (C=O) groups is 1. The van der Waals surface area contributed by atoms with Crippen LogP contribution in [0.4, 0.5) is 5.69 Å². The van der Waals surface area contributed by atoms with Gasteiger partial charge in [-0.05, 0) is 72.8 Å². The molecule has 0 aliphatic carbocycles. The number of carbonyl (C=O) groups excluding carboxylic acids is 1. The highest BCUT2D eigenvalue weighted by Gasteiger charge is 2.32. The lowest BCUT2D eigenvalue weighted by Gasteiger charge is -2.12. The molecule has 1 amide bonds. The van der Waals surface area contributed by atoms with Crippen molar-refractivity contribution in [1.29, 1.82) is 5.26 Å². The van der Waals surface area contributed by atoms with Gasteiger partial charge in [-0.25, -0.2) is 4.99 Å². The number of nitrogens with zero attached hydrogens (tertiary/aromatic N) is 3. The van der Waals surface area contributed by atoms with E-state index < -0.39 is 0 Å². The maximum absolute atomic E-state index is 12.9. The minimum atomic E-state index is -0.0619. The Balaban J connectivity index is 1.47. The standard InChI is InChI=1S/C27H23N3O3S/c1-3-30-26(31)25(34-27(30)29-22-10-14-23(32-2)15-11-22)16-19-8-12-24(13-9-19)33-18-21-7-5-4-6-20(21)17-28/h4-16H,3,18H2,1-2H3/b25-16+,29-27?. The van der Waals surface area contributed by atoms with E-state index in [1.807, 2.05) is 79.7 Å². The van der Waals surface area contributed by atoms with E-state index in [0.29, 0.717) is 34.5 Å². The van der Waals surface area contributed by atoms with E-state index in [1.54, 1.807) is 18.1 Å². The van der Waals surface area contributed by atoms with Gasteiger partial charge in [-0.15, -0.1) is 0 Å². The first-order valence-corrected chi connectivity index (χ1v) is 11.6. The monoisotopic (exact) mass is 469 g/mol. The van der Waals surface area contributed by atoms with Gasteiger partial charge in [-0.1, -0.05) is 30.3 Å². The van der Waals surface area contributed by atoms with Gasteiger partial charge in [0.05, 0.1) is 29.3 Å². The Bertz CT molecular complexity index is 1280. The number of ether oxygens (including phenoxy) is 2. The first kappa shape index (κ1) is 23.1. The van der Waals surface area contributed by atoms with Crippen molar-refractivity contribution in [2.24, 2.45) is 4.99 Å². The summed E-state index contributed by atoms with van der Waals surface area (Å²) in [5.74, 6) is 1.39. The van der Waals surface area contributed by atoms with Crippen LogP contribution in [-0.2, 0) is 11.4 Å². The second-order valence-corrected chi connectivity index (χ2v) is 8.39. The van der Waals surface area contributed by atoms with Gasteiger partial charge in [-0.2, -0.15) is 5.26 Å². The summed E-state index contributed by atoms with van der Waals surface area (Å²) >= 11 is 1.36. The Labute approximate surface area is 203 Å². The molecule has 0 atom stereocenters. The van der Waals surface area contributed by atoms with Crippen molar-refractivity contribution in [2.75, 3.05) is 13.7 Å². The molecule has 7 heteroatoms. The Morgan fingerprint density at radius 1 is 1.03 bits per heavy atom. The fourth-order valence-corrected chi connectivity index (χ4v) is 4.43. The van der Waals surface area contributed by atoms with E-state index in [0.717, 1.165) is 22.6 Å². The topological polar surface area (TPSA) is 74.9 Å². The van der Waals surface area contributed by atoms with Crippen molar-refractivity contribution in [3.05, 3.63) is 94.4 Å². The summed E-state index contributed by atoms with van der Waals surface area (Å²) in [4.78, 5) is 19.9. The number of thioether (sulfide) groups is 1. The van der Waals surface area contributed by atoms with Crippen molar-refractivity contribution >= 4 is 34.6 Å². The van der Waals surface area contributed by atoms with Crippen LogP contribution in [-0.4, -0.2) is 29.6 Å². The first-order chi connectivity index (χ1) is 16.6. The third-order valence-corrected chi connectivity index (χ3v) is 6.22. The molecule has 3 aromatic rings. The van der Waals surface area contributed by atoms with E-state index in [2.05, 4.69) is 11.1 Å². The lowest BCUT2D eigenvalue weighted by molar-refractivity contribution is -0.122. The molecule has 1 fully saturated rings. The van der Waals surface area contributed by atoms with E-state index in [9.17, 15) is 10.1 Å². The summed E-state index contributed by atoms with van der Waals surface area (Å²) < 4.78 is 11.0. The maximum atomic E-state index is 12.9. The van der Waals surface area contributed by atoms with Crippen LogP contribution in [0, 0.1) is 11.3 Å². The molecule has 6 nitrogen and oxygen atoms in total. The van der Waals surface area contributed by atoms with Crippen LogP contribution in [0.1, 0.15) is 23.6 Å². The Morgan fingerprint density at radius 3 is 2.41 bits per heavy atom. The van der Waals surface area contributed by atoms with E-state index in [1.165, 1.54) is 11.8 Å². The van der Waals surface area contributed by atoms with E-state index >= 15 is 0 Å². The van der Waals surface area contributed by atoms with Crippen LogP contribution in [0.15, 0.2) is 82.7 Å². The Morgan fingerprint density at radius 2 is 1.74 bits per heavy atom. The first-order valence-electron chi connectivity index (χ1n) is 10.8. The highest BCUT2D eigenvalue weighted by Crippen LogP contribution is 2.34. The molecule has 34 heavy (non-hydrogen) atoms. The number of amidine groups is 1. The predicted octanol–water partition coefficient (Wildman–Crippen LogP) is 5.77. The molecule has 0 saturated carbocycles. The smallest absolute Gasteiger partial charge is 0.266 e. The van der Waals surface area contributed by atoms with Crippen LogP contribution in [0.25, 0.3) is 6.08 Å². The summed E-state index contributed by atoms with van der Waals surface area (Å²) in [6, 6.07) is 24.5. The largest absolute Gasteiger partial charge is 0.497 e. The van der Waals surface area contributed by atoms with E-state index in [-0.39, 0.29) is 5.91 Å². The highest BCUT2D eigenvalue weighted by atomic mass is 32.2.